The summed E-state index contributed by atoms with van der Waals surface area (Å²) in [7, 11) is 1.38. The van der Waals surface area contributed by atoms with E-state index >= 15 is 0 Å². The fourth-order valence-corrected chi connectivity index (χ4v) is 3.47. The number of methoxy groups -OCH3 is 1. The molecule has 1 aromatic heterocycles. The summed E-state index contributed by atoms with van der Waals surface area (Å²) in [6.07, 6.45) is 0.737. The fraction of sp³-hybridized carbons (Fsp3) is 0.458. The molecule has 0 spiro atoms. The van der Waals surface area contributed by atoms with Gasteiger partial charge in [-0.15, -0.1) is 0 Å². The van der Waals surface area contributed by atoms with Gasteiger partial charge in [-0.3, -0.25) is 9.59 Å². The lowest BCUT2D eigenvalue weighted by atomic mass is 9.89. The second kappa shape index (κ2) is 10.4. The number of Topliss-reactive ketones (excluding diaryl/α,β-unsaturated/α-hetero) is 1. The minimum atomic E-state index is -0.705. The van der Waals surface area contributed by atoms with Crippen molar-refractivity contribution in [1.82, 2.24) is 4.98 Å². The molecule has 3 atom stereocenters. The van der Waals surface area contributed by atoms with E-state index in [4.69, 9.17) is 9.47 Å². The number of hydrogen-bond donors (Lipinski definition) is 1. The lowest BCUT2D eigenvalue weighted by molar-refractivity contribution is -0.155. The van der Waals surface area contributed by atoms with Gasteiger partial charge >= 0.3 is 5.97 Å². The molecule has 7 heteroatoms. The molecule has 0 unspecified atom stereocenters. The average molecular weight is 432 g/mol. The Morgan fingerprint density at radius 1 is 1.16 bits per heavy atom. The topological polar surface area (TPSA) is 85.7 Å². The molecule has 1 N–H and O–H groups in total. The van der Waals surface area contributed by atoms with E-state index in [0.717, 1.165) is 11.1 Å². The van der Waals surface area contributed by atoms with E-state index in [9.17, 15) is 19.1 Å². The summed E-state index contributed by atoms with van der Waals surface area (Å²) in [6.45, 7) is 9.16. The first-order valence-corrected chi connectivity index (χ1v) is 10.3. The van der Waals surface area contributed by atoms with E-state index in [0.29, 0.717) is 0 Å². The quantitative estimate of drug-likeness (QED) is 0.452. The summed E-state index contributed by atoms with van der Waals surface area (Å²) in [5.41, 5.74) is 1.54. The number of ether oxygens (including phenoxy) is 2. The zero-order chi connectivity index (χ0) is 23.3. The van der Waals surface area contributed by atoms with Crippen molar-refractivity contribution in [3.63, 3.8) is 0 Å². The summed E-state index contributed by atoms with van der Waals surface area (Å²) in [6, 6.07) is 5.97. The third-order valence-electron chi connectivity index (χ3n) is 5.61. The highest BCUT2D eigenvalue weighted by Gasteiger charge is 2.31. The molecule has 0 radical (unpaired) electrons. The average Bonchev–Trinajstić information content (AvgIpc) is 2.71. The molecule has 2 aromatic rings. The molecule has 0 bridgehead atoms. The van der Waals surface area contributed by atoms with Crippen LogP contribution in [0.4, 0.5) is 4.39 Å². The number of carbonyl (C=O) groups is 2. The van der Waals surface area contributed by atoms with Gasteiger partial charge in [0.1, 0.15) is 11.9 Å². The molecule has 31 heavy (non-hydrogen) atoms. The van der Waals surface area contributed by atoms with E-state index in [2.05, 4.69) is 4.98 Å². The van der Waals surface area contributed by atoms with E-state index in [1.54, 1.807) is 13.0 Å². The lowest BCUT2D eigenvalue weighted by Crippen LogP contribution is -2.30. The van der Waals surface area contributed by atoms with Crippen LogP contribution in [0.2, 0.25) is 0 Å². The van der Waals surface area contributed by atoms with E-state index in [-0.39, 0.29) is 41.3 Å². The molecule has 0 fully saturated rings. The maximum absolute atomic E-state index is 13.4. The SMILES string of the molecule is COc1ccnc(C(=O)C[C@H](C(=O)O[C@H](C)[C@@H](C)c2ccc(F)cc2C)C(C)C)c1O. The van der Waals surface area contributed by atoms with Crippen LogP contribution in [-0.4, -0.2) is 35.1 Å². The van der Waals surface area contributed by atoms with Gasteiger partial charge in [0.05, 0.1) is 13.0 Å². The maximum Gasteiger partial charge on any atom is 0.309 e. The number of benzene rings is 1. The summed E-state index contributed by atoms with van der Waals surface area (Å²) < 4.78 is 24.1. The molecule has 0 aliphatic carbocycles. The van der Waals surface area contributed by atoms with Crippen molar-refractivity contribution >= 4 is 11.8 Å². The predicted octanol–water partition coefficient (Wildman–Crippen LogP) is 4.82. The molecule has 2 rings (SSSR count). The first kappa shape index (κ1) is 24.3. The summed E-state index contributed by atoms with van der Waals surface area (Å²) in [4.78, 5) is 29.6. The first-order chi connectivity index (χ1) is 14.6. The molecule has 0 aliphatic rings. The van der Waals surface area contributed by atoms with Crippen LogP contribution < -0.4 is 4.74 Å². The van der Waals surface area contributed by atoms with Crippen molar-refractivity contribution < 1.29 is 28.6 Å². The van der Waals surface area contributed by atoms with Gasteiger partial charge in [0.15, 0.2) is 23.0 Å². The van der Waals surface area contributed by atoms with E-state index < -0.39 is 23.8 Å². The van der Waals surface area contributed by atoms with Crippen LogP contribution in [-0.2, 0) is 9.53 Å². The highest BCUT2D eigenvalue weighted by atomic mass is 19.1. The van der Waals surface area contributed by atoms with Crippen molar-refractivity contribution in [2.45, 2.75) is 53.1 Å². The molecule has 6 nitrogen and oxygen atoms in total. The van der Waals surface area contributed by atoms with E-state index in [1.165, 1.54) is 31.5 Å². The van der Waals surface area contributed by atoms with Gasteiger partial charge in [0.2, 0.25) is 0 Å². The summed E-state index contributed by atoms with van der Waals surface area (Å²) >= 11 is 0. The fourth-order valence-electron chi connectivity index (χ4n) is 3.47. The van der Waals surface area contributed by atoms with Crippen LogP contribution in [0, 0.1) is 24.6 Å². The lowest BCUT2D eigenvalue weighted by Gasteiger charge is -2.26. The van der Waals surface area contributed by atoms with Gasteiger partial charge in [-0.25, -0.2) is 9.37 Å². The summed E-state index contributed by atoms with van der Waals surface area (Å²) in [5.74, 6) is -2.52. The maximum atomic E-state index is 13.4. The Labute approximate surface area is 182 Å². The Bertz CT molecular complexity index is 944. The number of halogens is 1. The number of nitrogens with zero attached hydrogens (tertiary/aromatic N) is 1. The molecule has 1 heterocycles. The monoisotopic (exact) mass is 431 g/mol. The normalized spacial score (nSPS) is 14.1. The Hall–Kier alpha value is -2.96. The van der Waals surface area contributed by atoms with E-state index in [1.807, 2.05) is 27.7 Å². The third kappa shape index (κ3) is 5.81. The van der Waals surface area contributed by atoms with Gasteiger partial charge in [-0.1, -0.05) is 26.8 Å². The Morgan fingerprint density at radius 2 is 1.84 bits per heavy atom. The smallest absolute Gasteiger partial charge is 0.309 e. The highest BCUT2D eigenvalue weighted by molar-refractivity contribution is 5.99. The second-order valence-corrected chi connectivity index (χ2v) is 8.12. The van der Waals surface area contributed by atoms with Crippen molar-refractivity contribution in [1.29, 1.82) is 0 Å². The van der Waals surface area contributed by atoms with Gasteiger partial charge in [0.25, 0.3) is 0 Å². The van der Waals surface area contributed by atoms with Crippen LogP contribution in [0.5, 0.6) is 11.5 Å². The number of aromatic hydroxyl groups is 1. The molecule has 168 valence electrons. The number of carbonyl (C=O) groups excluding carboxylic acids is 2. The van der Waals surface area contributed by atoms with Crippen molar-refractivity contribution in [3.8, 4) is 11.5 Å². The van der Waals surface area contributed by atoms with Crippen LogP contribution in [0.3, 0.4) is 0 Å². The Balaban J connectivity index is 2.14. The Morgan fingerprint density at radius 3 is 2.42 bits per heavy atom. The number of esters is 1. The molecule has 0 amide bonds. The summed E-state index contributed by atoms with van der Waals surface area (Å²) in [5, 5.41) is 10.2. The number of rotatable bonds is 9. The van der Waals surface area contributed by atoms with Gasteiger partial charge < -0.3 is 14.6 Å². The van der Waals surface area contributed by atoms with Gasteiger partial charge in [-0.05, 0) is 43.0 Å². The zero-order valence-electron chi connectivity index (χ0n) is 18.8. The minimum absolute atomic E-state index is 0.138. The van der Waals surface area contributed by atoms with Gasteiger partial charge in [0, 0.05) is 24.6 Å². The zero-order valence-corrected chi connectivity index (χ0v) is 18.8. The number of ketones is 1. The predicted molar refractivity (Wildman–Crippen MR) is 115 cm³/mol. The molecule has 0 saturated carbocycles. The van der Waals surface area contributed by atoms with Crippen LogP contribution in [0.1, 0.15) is 61.6 Å². The highest BCUT2D eigenvalue weighted by Crippen LogP contribution is 2.31. The van der Waals surface area contributed by atoms with Crippen LogP contribution in [0.15, 0.2) is 30.5 Å². The van der Waals surface area contributed by atoms with Crippen LogP contribution >= 0.6 is 0 Å². The van der Waals surface area contributed by atoms with Gasteiger partial charge in [-0.2, -0.15) is 0 Å². The minimum Gasteiger partial charge on any atom is -0.503 e. The number of pyridine rings is 1. The van der Waals surface area contributed by atoms with Crippen molar-refractivity contribution in [3.05, 3.63) is 53.1 Å². The number of hydrogen-bond acceptors (Lipinski definition) is 6. The first-order valence-electron chi connectivity index (χ1n) is 10.3. The molecular formula is C24H30FNO5. The van der Waals surface area contributed by atoms with Crippen LogP contribution in [0.25, 0.3) is 0 Å². The van der Waals surface area contributed by atoms with Crippen molar-refractivity contribution in [2.75, 3.05) is 7.11 Å². The second-order valence-electron chi connectivity index (χ2n) is 8.12. The molecule has 0 saturated heterocycles. The standard InChI is InChI=1S/C24H30FNO5/c1-13(2)19(12-20(27)22-23(28)21(30-6)9-10-26-22)24(29)31-16(5)15(4)18-8-7-17(25)11-14(18)3/h7-11,13,15-16,19,28H,12H2,1-6H3/t15-,16-,19+/m1/s1. The molecule has 0 aliphatic heterocycles. The number of aromatic nitrogens is 1. The third-order valence-corrected chi connectivity index (χ3v) is 5.61. The number of aryl methyl sites for hydroxylation is 1. The molecular weight excluding hydrogens is 401 g/mol. The largest absolute Gasteiger partial charge is 0.503 e. The van der Waals surface area contributed by atoms with Crippen molar-refractivity contribution in [2.24, 2.45) is 11.8 Å². The molecule has 1 aromatic carbocycles. The Kier molecular flexibility index (Phi) is 8.14.